The lowest BCUT2D eigenvalue weighted by atomic mass is 10.1. The Bertz CT molecular complexity index is 1230. The zero-order chi connectivity index (χ0) is 22.9. The molecule has 0 saturated carbocycles. The minimum atomic E-state index is -0.533. The summed E-state index contributed by atoms with van der Waals surface area (Å²) >= 11 is 1.34. The van der Waals surface area contributed by atoms with Gasteiger partial charge in [-0.1, -0.05) is 23.4 Å². The van der Waals surface area contributed by atoms with Crippen LogP contribution in [0.1, 0.15) is 12.8 Å². The molecular weight excluding hydrogens is 447 g/mol. The molecule has 2 aliphatic rings. The van der Waals surface area contributed by atoms with Gasteiger partial charge in [-0.15, -0.1) is 11.8 Å². The number of amides is 3. The van der Waals surface area contributed by atoms with Crippen LogP contribution in [0.5, 0.6) is 5.75 Å². The molecule has 0 N–H and O–H groups in total. The van der Waals surface area contributed by atoms with Crippen molar-refractivity contribution in [3.63, 3.8) is 0 Å². The van der Waals surface area contributed by atoms with Gasteiger partial charge >= 0.3 is 6.03 Å². The summed E-state index contributed by atoms with van der Waals surface area (Å²) in [4.78, 5) is 33.5. The lowest BCUT2D eigenvalue weighted by Gasteiger charge is -2.40. The van der Waals surface area contributed by atoms with Gasteiger partial charge in [0, 0.05) is 0 Å². The van der Waals surface area contributed by atoms with Gasteiger partial charge in [0.25, 0.3) is 5.91 Å². The summed E-state index contributed by atoms with van der Waals surface area (Å²) in [5.74, 6) is 0.400. The summed E-state index contributed by atoms with van der Waals surface area (Å²) in [6.45, 7) is 2.39. The van der Waals surface area contributed by atoms with E-state index in [4.69, 9.17) is 9.26 Å². The van der Waals surface area contributed by atoms with Crippen molar-refractivity contribution >= 4 is 29.4 Å². The predicted octanol–water partition coefficient (Wildman–Crippen LogP) is 4.24. The standard InChI is InChI=1S/C23H19FN4O4S/c1-2-31-18-6-4-3-5-16(18)21-25-19(32-26-21)13-27-17-11-12-33-20(17)22(29)28(23(27)30)15-9-7-14(24)8-10-15/h3-12,17,20H,2,13H2,1H3. The number of anilines is 1. The molecule has 1 aromatic heterocycles. The van der Waals surface area contributed by atoms with Gasteiger partial charge in [0.1, 0.15) is 23.4 Å². The van der Waals surface area contributed by atoms with Crippen molar-refractivity contribution in [3.05, 3.63) is 71.7 Å². The van der Waals surface area contributed by atoms with Gasteiger partial charge in [-0.05, 0) is 48.7 Å². The molecule has 33 heavy (non-hydrogen) atoms. The quantitative estimate of drug-likeness (QED) is 0.537. The number of hydrogen-bond acceptors (Lipinski definition) is 7. The minimum absolute atomic E-state index is 0.0136. The number of hydrogen-bond donors (Lipinski definition) is 0. The highest BCUT2D eigenvalue weighted by atomic mass is 32.2. The van der Waals surface area contributed by atoms with Crippen LogP contribution < -0.4 is 9.64 Å². The monoisotopic (exact) mass is 466 g/mol. The second-order valence-electron chi connectivity index (χ2n) is 7.38. The molecule has 10 heteroatoms. The number of nitrogens with zero attached hydrogens (tertiary/aromatic N) is 4. The zero-order valence-electron chi connectivity index (χ0n) is 17.6. The molecule has 0 bridgehead atoms. The summed E-state index contributed by atoms with van der Waals surface area (Å²) in [5, 5.41) is 5.36. The number of rotatable bonds is 6. The fourth-order valence-corrected chi connectivity index (χ4v) is 4.89. The van der Waals surface area contributed by atoms with Gasteiger partial charge in [0.05, 0.1) is 23.9 Å². The van der Waals surface area contributed by atoms with Crippen LogP contribution in [0.3, 0.4) is 0 Å². The predicted molar refractivity (Wildman–Crippen MR) is 120 cm³/mol. The molecule has 5 rings (SSSR count). The van der Waals surface area contributed by atoms with Crippen molar-refractivity contribution in [3.8, 4) is 17.1 Å². The van der Waals surface area contributed by atoms with E-state index in [9.17, 15) is 14.0 Å². The van der Waals surface area contributed by atoms with E-state index in [2.05, 4.69) is 10.1 Å². The van der Waals surface area contributed by atoms with Gasteiger partial charge in [-0.3, -0.25) is 4.79 Å². The normalized spacial score (nSPS) is 19.8. The highest BCUT2D eigenvalue weighted by molar-refractivity contribution is 8.03. The summed E-state index contributed by atoms with van der Waals surface area (Å²) in [7, 11) is 0. The number of benzene rings is 2. The van der Waals surface area contributed by atoms with Crippen molar-refractivity contribution in [2.75, 3.05) is 11.5 Å². The number of ether oxygens (including phenoxy) is 1. The number of fused-ring (bicyclic) bond motifs is 1. The fourth-order valence-electron chi connectivity index (χ4n) is 3.85. The second-order valence-corrected chi connectivity index (χ2v) is 8.43. The third kappa shape index (κ3) is 3.86. The first-order valence-electron chi connectivity index (χ1n) is 10.3. The van der Waals surface area contributed by atoms with Crippen LogP contribution in [-0.2, 0) is 11.3 Å². The van der Waals surface area contributed by atoms with E-state index in [1.165, 1.54) is 40.9 Å². The number of aromatic nitrogens is 2. The van der Waals surface area contributed by atoms with Gasteiger partial charge in [-0.2, -0.15) is 4.98 Å². The Balaban J connectivity index is 1.44. The Kier molecular flexibility index (Phi) is 5.59. The molecule has 0 spiro atoms. The largest absolute Gasteiger partial charge is 0.493 e. The molecule has 3 heterocycles. The number of carbonyl (C=O) groups is 2. The van der Waals surface area contributed by atoms with Gasteiger partial charge in [0.15, 0.2) is 0 Å². The van der Waals surface area contributed by atoms with Crippen LogP contribution in [0.25, 0.3) is 11.4 Å². The minimum Gasteiger partial charge on any atom is -0.493 e. The lowest BCUT2D eigenvalue weighted by Crippen LogP contribution is -2.61. The number of thioether (sulfide) groups is 1. The van der Waals surface area contributed by atoms with Crippen LogP contribution in [-0.4, -0.2) is 44.9 Å². The van der Waals surface area contributed by atoms with Crippen LogP contribution in [0.15, 0.2) is 64.5 Å². The first kappa shape index (κ1) is 21.2. The molecular formula is C23H19FN4O4S. The molecule has 168 valence electrons. The average Bonchev–Trinajstić information content (AvgIpc) is 3.49. The summed E-state index contributed by atoms with van der Waals surface area (Å²) in [6.07, 6.45) is 1.81. The molecule has 0 aliphatic carbocycles. The number of halogens is 1. The topological polar surface area (TPSA) is 88.8 Å². The Morgan fingerprint density at radius 3 is 2.73 bits per heavy atom. The van der Waals surface area contributed by atoms with E-state index in [0.717, 1.165) is 4.90 Å². The number of imide groups is 1. The number of para-hydroxylation sites is 1. The number of urea groups is 1. The third-order valence-electron chi connectivity index (χ3n) is 5.36. The van der Waals surface area contributed by atoms with Crippen LogP contribution in [0, 0.1) is 5.82 Å². The molecule has 2 unspecified atom stereocenters. The first-order chi connectivity index (χ1) is 16.1. The van der Waals surface area contributed by atoms with Crippen LogP contribution in [0.4, 0.5) is 14.9 Å². The lowest BCUT2D eigenvalue weighted by molar-refractivity contribution is -0.119. The molecule has 2 aliphatic heterocycles. The van der Waals surface area contributed by atoms with E-state index in [1.807, 2.05) is 37.3 Å². The fraction of sp³-hybridized carbons (Fsp3) is 0.217. The maximum atomic E-state index is 13.4. The Morgan fingerprint density at radius 1 is 1.15 bits per heavy atom. The molecule has 1 saturated heterocycles. The maximum absolute atomic E-state index is 13.4. The van der Waals surface area contributed by atoms with E-state index in [-0.39, 0.29) is 18.3 Å². The summed E-state index contributed by atoms with van der Waals surface area (Å²) in [6, 6.07) is 11.6. The van der Waals surface area contributed by atoms with Gasteiger partial charge in [0.2, 0.25) is 11.7 Å². The van der Waals surface area contributed by atoms with Crippen molar-refractivity contribution in [1.82, 2.24) is 15.0 Å². The van der Waals surface area contributed by atoms with E-state index < -0.39 is 23.1 Å². The highest BCUT2D eigenvalue weighted by Gasteiger charge is 2.48. The first-order valence-corrected chi connectivity index (χ1v) is 11.3. The summed E-state index contributed by atoms with van der Waals surface area (Å²) in [5.41, 5.74) is 0.982. The Hall–Kier alpha value is -3.66. The van der Waals surface area contributed by atoms with Gasteiger partial charge < -0.3 is 14.2 Å². The SMILES string of the molecule is CCOc1ccccc1-c1noc(CN2C(=O)N(c3ccc(F)cc3)C(=O)C3SC=CC32)n1. The second kappa shape index (κ2) is 8.70. The molecule has 2 atom stereocenters. The molecule has 0 radical (unpaired) electrons. The van der Waals surface area contributed by atoms with Crippen LogP contribution >= 0.6 is 11.8 Å². The van der Waals surface area contributed by atoms with Crippen molar-refractivity contribution in [1.29, 1.82) is 0 Å². The highest BCUT2D eigenvalue weighted by Crippen LogP contribution is 2.37. The summed E-state index contributed by atoms with van der Waals surface area (Å²) < 4.78 is 24.5. The van der Waals surface area contributed by atoms with Crippen molar-refractivity contribution < 1.29 is 23.2 Å². The molecule has 3 amide bonds. The van der Waals surface area contributed by atoms with E-state index in [1.54, 1.807) is 5.41 Å². The average molecular weight is 466 g/mol. The zero-order valence-corrected chi connectivity index (χ0v) is 18.4. The Morgan fingerprint density at radius 2 is 1.94 bits per heavy atom. The maximum Gasteiger partial charge on any atom is 0.332 e. The Labute approximate surface area is 193 Å². The molecule has 3 aromatic rings. The van der Waals surface area contributed by atoms with E-state index >= 15 is 0 Å². The number of carbonyl (C=O) groups excluding carboxylic acids is 2. The van der Waals surface area contributed by atoms with Crippen molar-refractivity contribution in [2.24, 2.45) is 0 Å². The van der Waals surface area contributed by atoms with Crippen LogP contribution in [0.2, 0.25) is 0 Å². The van der Waals surface area contributed by atoms with Gasteiger partial charge in [-0.25, -0.2) is 14.1 Å². The molecule has 2 aromatic carbocycles. The third-order valence-corrected chi connectivity index (χ3v) is 6.45. The van der Waals surface area contributed by atoms with Crippen molar-refractivity contribution in [2.45, 2.75) is 24.8 Å². The van der Waals surface area contributed by atoms with E-state index in [0.29, 0.717) is 29.4 Å². The smallest absolute Gasteiger partial charge is 0.332 e. The molecule has 8 nitrogen and oxygen atoms in total. The molecule has 1 fully saturated rings.